The van der Waals surface area contributed by atoms with Crippen LogP contribution < -0.4 is 4.90 Å². The Hall–Kier alpha value is -2.90. The fourth-order valence-electron chi connectivity index (χ4n) is 1.88. The standard InChI is InChI=1S/C12H12N6O2/c1-18(2)7-4-3-6-10(16-7)17-11(15-6)8-9(12(19)20)14-5-13-8/h3-5H,1-2H3,(H,13,14)(H,19,20)(H,15,16,17). The van der Waals surface area contributed by atoms with E-state index in [1.54, 1.807) is 0 Å². The third kappa shape index (κ3) is 1.87. The van der Waals surface area contributed by atoms with Gasteiger partial charge in [-0.05, 0) is 12.1 Å². The number of pyridine rings is 1. The predicted octanol–water partition coefficient (Wildman–Crippen LogP) is 1.11. The van der Waals surface area contributed by atoms with Crippen molar-refractivity contribution >= 4 is 23.0 Å². The number of aromatic carboxylic acids is 1. The topological polar surface area (TPSA) is 111 Å². The molecule has 0 spiro atoms. The summed E-state index contributed by atoms with van der Waals surface area (Å²) in [6.45, 7) is 0. The van der Waals surface area contributed by atoms with Gasteiger partial charge in [0, 0.05) is 14.1 Å². The van der Waals surface area contributed by atoms with Gasteiger partial charge in [-0.1, -0.05) is 0 Å². The quantitative estimate of drug-likeness (QED) is 0.658. The van der Waals surface area contributed by atoms with Gasteiger partial charge in [0.05, 0.1) is 11.8 Å². The molecule has 3 rings (SSSR count). The Kier molecular flexibility index (Phi) is 2.63. The molecule has 3 N–H and O–H groups in total. The van der Waals surface area contributed by atoms with E-state index in [-0.39, 0.29) is 11.4 Å². The Labute approximate surface area is 113 Å². The minimum Gasteiger partial charge on any atom is -0.477 e. The lowest BCUT2D eigenvalue weighted by atomic mass is 10.3. The molecule has 0 radical (unpaired) electrons. The zero-order chi connectivity index (χ0) is 14.3. The highest BCUT2D eigenvalue weighted by Crippen LogP contribution is 2.21. The molecule has 0 aliphatic rings. The van der Waals surface area contributed by atoms with Gasteiger partial charge in [0.1, 0.15) is 11.5 Å². The van der Waals surface area contributed by atoms with Crippen LogP contribution in [0.25, 0.3) is 22.7 Å². The molecule has 0 aromatic carbocycles. The van der Waals surface area contributed by atoms with Crippen molar-refractivity contribution in [2.45, 2.75) is 0 Å². The summed E-state index contributed by atoms with van der Waals surface area (Å²) >= 11 is 0. The molecule has 0 saturated carbocycles. The molecular formula is C12H12N6O2. The first-order valence-electron chi connectivity index (χ1n) is 5.87. The monoisotopic (exact) mass is 272 g/mol. The van der Waals surface area contributed by atoms with Crippen LogP contribution in [0.2, 0.25) is 0 Å². The van der Waals surface area contributed by atoms with Gasteiger partial charge in [0.2, 0.25) is 0 Å². The first-order chi connectivity index (χ1) is 9.56. The Bertz CT molecular complexity index is 788. The van der Waals surface area contributed by atoms with Crippen LogP contribution in [0.5, 0.6) is 0 Å². The van der Waals surface area contributed by atoms with E-state index in [1.165, 1.54) is 6.33 Å². The van der Waals surface area contributed by atoms with E-state index in [0.717, 1.165) is 11.3 Å². The number of aromatic amines is 2. The molecule has 8 heteroatoms. The number of hydrogen-bond acceptors (Lipinski definition) is 5. The molecule has 3 aromatic rings. The minimum absolute atomic E-state index is 0.00288. The van der Waals surface area contributed by atoms with E-state index in [0.29, 0.717) is 11.5 Å². The molecule has 0 unspecified atom stereocenters. The molecule has 0 aliphatic heterocycles. The van der Waals surface area contributed by atoms with Crippen LogP contribution in [0.3, 0.4) is 0 Å². The highest BCUT2D eigenvalue weighted by atomic mass is 16.4. The summed E-state index contributed by atoms with van der Waals surface area (Å²) in [6.07, 6.45) is 1.32. The molecular weight excluding hydrogens is 260 g/mol. The summed E-state index contributed by atoms with van der Waals surface area (Å²) in [5, 5.41) is 9.07. The molecule has 3 heterocycles. The molecule has 8 nitrogen and oxygen atoms in total. The van der Waals surface area contributed by atoms with Crippen LogP contribution in [-0.4, -0.2) is 50.1 Å². The molecule has 20 heavy (non-hydrogen) atoms. The number of H-pyrrole nitrogens is 2. The van der Waals surface area contributed by atoms with Crippen molar-refractivity contribution < 1.29 is 9.90 Å². The third-order valence-electron chi connectivity index (χ3n) is 2.87. The van der Waals surface area contributed by atoms with Crippen LogP contribution in [0, 0.1) is 0 Å². The maximum atomic E-state index is 11.1. The highest BCUT2D eigenvalue weighted by molar-refractivity contribution is 5.92. The molecule has 0 saturated heterocycles. The molecule has 0 fully saturated rings. The van der Waals surface area contributed by atoms with Crippen molar-refractivity contribution in [2.24, 2.45) is 0 Å². The van der Waals surface area contributed by atoms with E-state index < -0.39 is 5.97 Å². The number of carboxylic acid groups (broad SMARTS) is 1. The summed E-state index contributed by atoms with van der Waals surface area (Å²) < 4.78 is 0. The number of carbonyl (C=O) groups is 1. The van der Waals surface area contributed by atoms with Crippen molar-refractivity contribution in [1.82, 2.24) is 24.9 Å². The third-order valence-corrected chi connectivity index (χ3v) is 2.87. The molecule has 102 valence electrons. The fourth-order valence-corrected chi connectivity index (χ4v) is 1.88. The second-order valence-electron chi connectivity index (χ2n) is 4.45. The lowest BCUT2D eigenvalue weighted by Crippen LogP contribution is -2.10. The van der Waals surface area contributed by atoms with Crippen LogP contribution in [-0.2, 0) is 0 Å². The van der Waals surface area contributed by atoms with Crippen molar-refractivity contribution in [2.75, 3.05) is 19.0 Å². The Morgan fingerprint density at radius 2 is 2.10 bits per heavy atom. The number of hydrogen-bond donors (Lipinski definition) is 3. The summed E-state index contributed by atoms with van der Waals surface area (Å²) in [4.78, 5) is 31.2. The molecule has 0 aliphatic carbocycles. The zero-order valence-electron chi connectivity index (χ0n) is 10.9. The van der Waals surface area contributed by atoms with Crippen molar-refractivity contribution in [3.05, 3.63) is 24.2 Å². The normalized spacial score (nSPS) is 10.9. The van der Waals surface area contributed by atoms with Gasteiger partial charge in [-0.3, -0.25) is 0 Å². The molecule has 3 aromatic heterocycles. The van der Waals surface area contributed by atoms with E-state index in [4.69, 9.17) is 5.11 Å². The van der Waals surface area contributed by atoms with Crippen LogP contribution in [0.15, 0.2) is 18.5 Å². The summed E-state index contributed by atoms with van der Waals surface area (Å²) in [6, 6.07) is 3.70. The second kappa shape index (κ2) is 4.34. The lowest BCUT2D eigenvalue weighted by Gasteiger charge is -2.09. The largest absolute Gasteiger partial charge is 0.477 e. The number of imidazole rings is 2. The Morgan fingerprint density at radius 1 is 1.30 bits per heavy atom. The van der Waals surface area contributed by atoms with Crippen molar-refractivity contribution in [1.29, 1.82) is 0 Å². The van der Waals surface area contributed by atoms with Gasteiger partial charge in [-0.15, -0.1) is 0 Å². The number of aromatic nitrogens is 5. The van der Waals surface area contributed by atoms with E-state index in [2.05, 4.69) is 24.9 Å². The average Bonchev–Trinajstić information content (AvgIpc) is 3.03. The van der Waals surface area contributed by atoms with Crippen LogP contribution in [0.4, 0.5) is 5.82 Å². The van der Waals surface area contributed by atoms with Gasteiger partial charge in [0.25, 0.3) is 0 Å². The van der Waals surface area contributed by atoms with Gasteiger partial charge in [-0.25, -0.2) is 19.7 Å². The Balaban J connectivity index is 2.13. The summed E-state index contributed by atoms with van der Waals surface area (Å²) in [5.41, 5.74) is 1.51. The van der Waals surface area contributed by atoms with Gasteiger partial charge in [-0.2, -0.15) is 0 Å². The van der Waals surface area contributed by atoms with E-state index in [9.17, 15) is 4.79 Å². The summed E-state index contributed by atoms with van der Waals surface area (Å²) in [7, 11) is 3.77. The minimum atomic E-state index is -1.08. The maximum Gasteiger partial charge on any atom is 0.354 e. The number of fused-ring (bicyclic) bond motifs is 1. The Morgan fingerprint density at radius 3 is 2.80 bits per heavy atom. The second-order valence-corrected chi connectivity index (χ2v) is 4.45. The number of nitrogens with zero attached hydrogens (tertiary/aromatic N) is 4. The van der Waals surface area contributed by atoms with E-state index in [1.807, 2.05) is 31.1 Å². The molecule has 0 bridgehead atoms. The number of carboxylic acids is 1. The van der Waals surface area contributed by atoms with Crippen LogP contribution >= 0.6 is 0 Å². The molecule has 0 atom stereocenters. The predicted molar refractivity (Wildman–Crippen MR) is 72.8 cm³/mol. The van der Waals surface area contributed by atoms with Crippen molar-refractivity contribution in [3.8, 4) is 11.5 Å². The summed E-state index contributed by atoms with van der Waals surface area (Å²) in [5.74, 6) is 0.0676. The van der Waals surface area contributed by atoms with Gasteiger partial charge >= 0.3 is 5.97 Å². The van der Waals surface area contributed by atoms with Gasteiger partial charge in [0.15, 0.2) is 17.2 Å². The van der Waals surface area contributed by atoms with Crippen LogP contribution in [0.1, 0.15) is 10.5 Å². The zero-order valence-corrected chi connectivity index (χ0v) is 10.9. The average molecular weight is 272 g/mol. The number of rotatable bonds is 3. The van der Waals surface area contributed by atoms with Gasteiger partial charge < -0.3 is 20.0 Å². The number of anilines is 1. The maximum absolute atomic E-state index is 11.1. The SMILES string of the molecule is CN(C)c1ccc2[nH]c(-c3nc[nH]c3C(=O)O)nc2n1. The highest BCUT2D eigenvalue weighted by Gasteiger charge is 2.18. The lowest BCUT2D eigenvalue weighted by molar-refractivity contribution is 0.0692. The fraction of sp³-hybridized carbons (Fsp3) is 0.167. The van der Waals surface area contributed by atoms with Crippen molar-refractivity contribution in [3.63, 3.8) is 0 Å². The number of nitrogens with one attached hydrogen (secondary N) is 2. The molecule has 0 amide bonds. The van der Waals surface area contributed by atoms with E-state index >= 15 is 0 Å². The smallest absolute Gasteiger partial charge is 0.354 e. The first-order valence-corrected chi connectivity index (χ1v) is 5.87. The first kappa shape index (κ1) is 12.2.